The van der Waals surface area contributed by atoms with Gasteiger partial charge in [0.25, 0.3) is 0 Å². The molecule has 2 heterocycles. The molecule has 0 unspecified atom stereocenters. The lowest BCUT2D eigenvalue weighted by molar-refractivity contribution is -0.137. The Labute approximate surface area is 113 Å². The molecule has 0 radical (unpaired) electrons. The molecule has 112 valence electrons. The number of carboxylic acid groups (broad SMARTS) is 1. The summed E-state index contributed by atoms with van der Waals surface area (Å²) in [6.45, 7) is 1.01. The summed E-state index contributed by atoms with van der Waals surface area (Å²) in [7, 11) is 0. The zero-order valence-electron chi connectivity index (χ0n) is 10.7. The van der Waals surface area contributed by atoms with Crippen molar-refractivity contribution in [1.29, 1.82) is 0 Å². The van der Waals surface area contributed by atoms with Crippen LogP contribution in [0.15, 0.2) is 0 Å². The number of hydrogen-bond acceptors (Lipinski definition) is 4. The average Bonchev–Trinajstić information content (AvgIpc) is 2.80. The first-order valence-electron chi connectivity index (χ1n) is 6.32. The van der Waals surface area contributed by atoms with Crippen molar-refractivity contribution in [2.24, 2.45) is 0 Å². The maximum absolute atomic E-state index is 12.3. The number of aromatic carboxylic acids is 1. The van der Waals surface area contributed by atoms with E-state index < -0.39 is 25.1 Å². The molecule has 1 aromatic rings. The Morgan fingerprint density at radius 3 is 2.60 bits per heavy atom. The summed E-state index contributed by atoms with van der Waals surface area (Å²) in [5.41, 5.74) is 0.0716. The Morgan fingerprint density at radius 2 is 2.05 bits per heavy atom. The normalized spacial score (nSPS) is 17.4. The van der Waals surface area contributed by atoms with Crippen LogP contribution in [0.3, 0.4) is 0 Å². The molecule has 20 heavy (non-hydrogen) atoms. The van der Waals surface area contributed by atoms with Crippen LogP contribution in [0.1, 0.15) is 41.4 Å². The first-order valence-corrected chi connectivity index (χ1v) is 6.32. The molecular formula is C11H15F3N4O2. The van der Waals surface area contributed by atoms with E-state index in [2.05, 4.69) is 15.6 Å². The Kier molecular flexibility index (Phi) is 4.26. The minimum Gasteiger partial charge on any atom is -0.476 e. The van der Waals surface area contributed by atoms with Crippen molar-refractivity contribution < 1.29 is 23.1 Å². The second-order valence-corrected chi connectivity index (χ2v) is 4.74. The molecule has 0 aliphatic carbocycles. The van der Waals surface area contributed by atoms with Crippen molar-refractivity contribution in [2.75, 3.05) is 13.1 Å². The number of aryl methyl sites for hydroxylation is 1. The van der Waals surface area contributed by atoms with Crippen LogP contribution < -0.4 is 5.32 Å². The summed E-state index contributed by atoms with van der Waals surface area (Å²) in [6.07, 6.45) is -4.02. The number of hydrogen-bond donors (Lipinski definition) is 2. The van der Waals surface area contributed by atoms with Gasteiger partial charge in [0.05, 0.1) is 18.7 Å². The average molecular weight is 292 g/mol. The molecule has 2 N–H and O–H groups in total. The third kappa shape index (κ3) is 3.47. The van der Waals surface area contributed by atoms with Gasteiger partial charge in [0.15, 0.2) is 5.69 Å². The fourth-order valence-electron chi connectivity index (χ4n) is 2.37. The molecule has 0 saturated carbocycles. The smallest absolute Gasteiger partial charge is 0.390 e. The number of carboxylic acids is 1. The van der Waals surface area contributed by atoms with Gasteiger partial charge in [-0.05, 0) is 25.9 Å². The monoisotopic (exact) mass is 292 g/mol. The van der Waals surface area contributed by atoms with Gasteiger partial charge < -0.3 is 10.4 Å². The van der Waals surface area contributed by atoms with Crippen molar-refractivity contribution in [1.82, 2.24) is 20.3 Å². The maximum Gasteiger partial charge on any atom is 0.390 e. The highest BCUT2D eigenvalue weighted by molar-refractivity contribution is 5.86. The van der Waals surface area contributed by atoms with Gasteiger partial charge in [-0.3, -0.25) is 0 Å². The number of rotatable bonds is 4. The lowest BCUT2D eigenvalue weighted by atomic mass is 9.93. The van der Waals surface area contributed by atoms with E-state index in [1.807, 2.05) is 0 Å². The molecule has 1 aliphatic heterocycles. The second kappa shape index (κ2) is 5.78. The molecule has 1 aromatic heterocycles. The third-order valence-corrected chi connectivity index (χ3v) is 3.31. The van der Waals surface area contributed by atoms with Gasteiger partial charge in [0.2, 0.25) is 0 Å². The Morgan fingerprint density at radius 1 is 1.40 bits per heavy atom. The molecule has 6 nitrogen and oxygen atoms in total. The topological polar surface area (TPSA) is 80.0 Å². The number of carbonyl (C=O) groups is 1. The van der Waals surface area contributed by atoms with E-state index in [9.17, 15) is 18.0 Å². The first kappa shape index (κ1) is 14.8. The largest absolute Gasteiger partial charge is 0.476 e. The highest BCUT2D eigenvalue weighted by atomic mass is 19.4. The van der Waals surface area contributed by atoms with Crippen LogP contribution in [0.5, 0.6) is 0 Å². The predicted molar refractivity (Wildman–Crippen MR) is 62.5 cm³/mol. The number of piperidine rings is 1. The van der Waals surface area contributed by atoms with Crippen LogP contribution >= 0.6 is 0 Å². The summed E-state index contributed by atoms with van der Waals surface area (Å²) >= 11 is 0. The molecule has 0 spiro atoms. The zero-order valence-corrected chi connectivity index (χ0v) is 10.7. The lowest BCUT2D eigenvalue weighted by Gasteiger charge is -2.23. The van der Waals surface area contributed by atoms with Crippen LogP contribution in [-0.4, -0.2) is 45.3 Å². The molecule has 0 atom stereocenters. The van der Waals surface area contributed by atoms with Crippen LogP contribution in [0.2, 0.25) is 0 Å². The van der Waals surface area contributed by atoms with Gasteiger partial charge in [-0.15, -0.1) is 5.10 Å². The van der Waals surface area contributed by atoms with Gasteiger partial charge in [0, 0.05) is 5.92 Å². The van der Waals surface area contributed by atoms with Gasteiger partial charge >= 0.3 is 12.1 Å². The van der Waals surface area contributed by atoms with Crippen molar-refractivity contribution in [3.05, 3.63) is 11.4 Å². The van der Waals surface area contributed by atoms with E-state index in [0.717, 1.165) is 4.68 Å². The summed E-state index contributed by atoms with van der Waals surface area (Å²) in [6, 6.07) is 0. The fraction of sp³-hybridized carbons (Fsp3) is 0.727. The van der Waals surface area contributed by atoms with E-state index in [0.29, 0.717) is 31.6 Å². The minimum absolute atomic E-state index is 0.120. The van der Waals surface area contributed by atoms with Crippen LogP contribution in [-0.2, 0) is 6.54 Å². The quantitative estimate of drug-likeness (QED) is 0.876. The van der Waals surface area contributed by atoms with E-state index in [1.54, 1.807) is 0 Å². The number of alkyl halides is 3. The van der Waals surface area contributed by atoms with Crippen LogP contribution in [0.4, 0.5) is 13.2 Å². The van der Waals surface area contributed by atoms with Gasteiger partial charge in [0.1, 0.15) is 0 Å². The molecule has 9 heteroatoms. The Bertz CT molecular complexity index is 481. The van der Waals surface area contributed by atoms with Crippen LogP contribution in [0.25, 0.3) is 0 Å². The summed E-state index contributed by atoms with van der Waals surface area (Å²) in [4.78, 5) is 11.1. The molecule has 0 aromatic carbocycles. The zero-order chi connectivity index (χ0) is 14.8. The molecule has 0 amide bonds. The molecule has 0 bridgehead atoms. The molecule has 1 saturated heterocycles. The van der Waals surface area contributed by atoms with Crippen LogP contribution in [0, 0.1) is 0 Å². The van der Waals surface area contributed by atoms with E-state index in [-0.39, 0.29) is 11.6 Å². The van der Waals surface area contributed by atoms with Gasteiger partial charge in [-0.2, -0.15) is 13.2 Å². The second-order valence-electron chi connectivity index (χ2n) is 4.74. The standard InChI is InChI=1S/C11H15F3N4O2/c12-11(13,14)3-6-18-9(7-1-4-15-5-2-7)8(10(19)20)16-17-18/h7,15H,1-6H2,(H,19,20). The predicted octanol–water partition coefficient (Wildman–Crippen LogP) is 1.40. The third-order valence-electron chi connectivity index (χ3n) is 3.31. The van der Waals surface area contributed by atoms with E-state index in [1.165, 1.54) is 0 Å². The number of aromatic nitrogens is 3. The van der Waals surface area contributed by atoms with Crippen molar-refractivity contribution in [2.45, 2.75) is 37.9 Å². The highest BCUT2D eigenvalue weighted by Crippen LogP contribution is 2.28. The molecule has 1 fully saturated rings. The molecule has 1 aliphatic rings. The van der Waals surface area contributed by atoms with Gasteiger partial charge in [-0.25, -0.2) is 9.48 Å². The summed E-state index contributed by atoms with van der Waals surface area (Å²) in [5.74, 6) is -1.37. The highest BCUT2D eigenvalue weighted by Gasteiger charge is 2.31. The SMILES string of the molecule is O=C(O)c1nnn(CCC(F)(F)F)c1C1CCNCC1. The van der Waals surface area contributed by atoms with Crippen molar-refractivity contribution in [3.63, 3.8) is 0 Å². The van der Waals surface area contributed by atoms with Crippen molar-refractivity contribution >= 4 is 5.97 Å². The van der Waals surface area contributed by atoms with E-state index in [4.69, 9.17) is 5.11 Å². The van der Waals surface area contributed by atoms with Crippen molar-refractivity contribution in [3.8, 4) is 0 Å². The summed E-state index contributed by atoms with van der Waals surface area (Å²) in [5, 5.41) is 19.3. The number of nitrogens with zero attached hydrogens (tertiary/aromatic N) is 3. The maximum atomic E-state index is 12.3. The van der Waals surface area contributed by atoms with Gasteiger partial charge in [-0.1, -0.05) is 5.21 Å². The Hall–Kier alpha value is -1.64. The summed E-state index contributed by atoms with van der Waals surface area (Å²) < 4.78 is 38.0. The van der Waals surface area contributed by atoms with E-state index >= 15 is 0 Å². The minimum atomic E-state index is -4.30. The lowest BCUT2D eigenvalue weighted by Crippen LogP contribution is -2.29. The Balaban J connectivity index is 2.24. The fourth-order valence-corrected chi connectivity index (χ4v) is 2.37. The number of halogens is 3. The molecule has 2 rings (SSSR count). The first-order chi connectivity index (χ1) is 9.38. The molecular weight excluding hydrogens is 277 g/mol. The number of nitrogens with one attached hydrogen (secondary N) is 1.